The summed E-state index contributed by atoms with van der Waals surface area (Å²) in [4.78, 5) is 14.9. The predicted molar refractivity (Wildman–Crippen MR) is 96.8 cm³/mol. The van der Waals surface area contributed by atoms with E-state index in [2.05, 4.69) is 15.5 Å². The van der Waals surface area contributed by atoms with E-state index in [0.29, 0.717) is 17.1 Å². The first-order valence-electron chi connectivity index (χ1n) is 7.74. The van der Waals surface area contributed by atoms with Crippen LogP contribution in [0.4, 0.5) is 0 Å². The number of tetrazole rings is 1. The summed E-state index contributed by atoms with van der Waals surface area (Å²) in [6.45, 7) is 0.689. The summed E-state index contributed by atoms with van der Waals surface area (Å²) < 4.78 is 1.53. The summed E-state index contributed by atoms with van der Waals surface area (Å²) >= 11 is 8.06. The molecule has 3 aromatic rings. The smallest absolute Gasteiger partial charge is 0.255 e. The van der Waals surface area contributed by atoms with Crippen molar-refractivity contribution in [2.75, 3.05) is 12.3 Å². The molecule has 0 spiro atoms. The Balaban J connectivity index is 1.64. The number of rotatable bonds is 3. The van der Waals surface area contributed by atoms with Crippen molar-refractivity contribution in [3.8, 4) is 5.69 Å². The molecule has 1 aliphatic rings. The Bertz CT molecular complexity index is 902. The van der Waals surface area contributed by atoms with Crippen LogP contribution in [0.25, 0.3) is 5.69 Å². The van der Waals surface area contributed by atoms with Crippen molar-refractivity contribution in [2.24, 2.45) is 0 Å². The first kappa shape index (κ1) is 16.1. The number of halogens is 1. The van der Waals surface area contributed by atoms with E-state index in [0.717, 1.165) is 17.0 Å². The van der Waals surface area contributed by atoms with Crippen LogP contribution in [0.2, 0.25) is 5.02 Å². The third-order valence-electron chi connectivity index (χ3n) is 4.03. The second-order valence-electron chi connectivity index (χ2n) is 5.55. The second-order valence-corrected chi connectivity index (χ2v) is 7.14. The van der Waals surface area contributed by atoms with Crippen LogP contribution in [0.3, 0.4) is 0 Å². The number of benzene rings is 2. The van der Waals surface area contributed by atoms with Crippen molar-refractivity contribution in [1.29, 1.82) is 0 Å². The van der Waals surface area contributed by atoms with Crippen molar-refractivity contribution in [3.05, 3.63) is 71.0 Å². The lowest BCUT2D eigenvalue weighted by atomic mass is 10.1. The van der Waals surface area contributed by atoms with Crippen molar-refractivity contribution in [2.45, 2.75) is 5.37 Å². The van der Waals surface area contributed by atoms with Gasteiger partial charge in [0.2, 0.25) is 0 Å². The molecule has 8 heteroatoms. The zero-order valence-corrected chi connectivity index (χ0v) is 14.7. The molecule has 25 heavy (non-hydrogen) atoms. The van der Waals surface area contributed by atoms with Crippen molar-refractivity contribution < 1.29 is 4.79 Å². The average Bonchev–Trinajstić information content (AvgIpc) is 3.33. The van der Waals surface area contributed by atoms with Crippen LogP contribution in [-0.4, -0.2) is 43.3 Å². The van der Waals surface area contributed by atoms with Crippen LogP contribution in [0, 0.1) is 0 Å². The van der Waals surface area contributed by atoms with E-state index in [4.69, 9.17) is 11.6 Å². The molecule has 6 nitrogen and oxygen atoms in total. The molecule has 2 heterocycles. The fourth-order valence-electron chi connectivity index (χ4n) is 2.84. The summed E-state index contributed by atoms with van der Waals surface area (Å²) in [6.07, 6.45) is 1.50. The van der Waals surface area contributed by atoms with Crippen LogP contribution < -0.4 is 0 Å². The standard InChI is InChI=1S/C17H14ClN5OS/c18-15-7-2-1-6-14(15)17-22(8-9-25-17)16(24)12-4-3-5-13(10-12)23-11-19-20-21-23/h1-7,10-11,17H,8-9H2. The molecule has 4 rings (SSSR count). The van der Waals surface area contributed by atoms with Gasteiger partial charge in [0.15, 0.2) is 0 Å². The molecule has 2 aromatic carbocycles. The Labute approximate surface area is 153 Å². The molecule has 126 valence electrons. The third kappa shape index (κ3) is 3.12. The van der Waals surface area contributed by atoms with Crippen LogP contribution in [0.15, 0.2) is 54.9 Å². The summed E-state index contributed by atoms with van der Waals surface area (Å²) in [5.74, 6) is 0.860. The van der Waals surface area contributed by atoms with Crippen molar-refractivity contribution in [3.63, 3.8) is 0 Å². The number of amides is 1. The predicted octanol–water partition coefficient (Wildman–Crippen LogP) is 3.20. The zero-order chi connectivity index (χ0) is 17.2. The number of thioether (sulfide) groups is 1. The summed E-state index contributed by atoms with van der Waals surface area (Å²) in [5.41, 5.74) is 2.32. The Morgan fingerprint density at radius 2 is 2.08 bits per heavy atom. The Morgan fingerprint density at radius 1 is 1.20 bits per heavy atom. The number of aromatic nitrogens is 4. The van der Waals surface area contributed by atoms with Gasteiger partial charge in [-0.3, -0.25) is 4.79 Å². The van der Waals surface area contributed by atoms with E-state index in [1.165, 1.54) is 11.0 Å². The second kappa shape index (κ2) is 6.85. The molecule has 1 aliphatic heterocycles. The maximum absolute atomic E-state index is 13.1. The van der Waals surface area contributed by atoms with Crippen molar-refractivity contribution in [1.82, 2.24) is 25.1 Å². The van der Waals surface area contributed by atoms with Crippen LogP contribution in [-0.2, 0) is 0 Å². The molecular weight excluding hydrogens is 358 g/mol. The number of carbonyl (C=O) groups is 1. The van der Waals surface area contributed by atoms with Gasteiger partial charge in [0, 0.05) is 28.4 Å². The molecular formula is C17H14ClN5OS. The number of nitrogens with zero attached hydrogens (tertiary/aromatic N) is 5. The van der Waals surface area contributed by atoms with E-state index < -0.39 is 0 Å². The number of hydrogen-bond acceptors (Lipinski definition) is 5. The minimum absolute atomic E-state index is 0.0233. The van der Waals surface area contributed by atoms with Gasteiger partial charge in [-0.05, 0) is 34.7 Å². The lowest BCUT2D eigenvalue weighted by Gasteiger charge is -2.25. The molecule has 0 saturated carbocycles. The summed E-state index contributed by atoms with van der Waals surface area (Å²) in [7, 11) is 0. The fourth-order valence-corrected chi connectivity index (χ4v) is 4.43. The summed E-state index contributed by atoms with van der Waals surface area (Å²) in [6, 6.07) is 15.0. The van der Waals surface area contributed by atoms with E-state index in [1.807, 2.05) is 47.4 Å². The molecule has 0 radical (unpaired) electrons. The molecule has 1 unspecified atom stereocenters. The van der Waals surface area contributed by atoms with Gasteiger partial charge < -0.3 is 4.90 Å². The topological polar surface area (TPSA) is 63.9 Å². The highest BCUT2D eigenvalue weighted by Crippen LogP contribution is 2.41. The van der Waals surface area contributed by atoms with Gasteiger partial charge in [0.05, 0.1) is 5.69 Å². The monoisotopic (exact) mass is 371 g/mol. The fraction of sp³-hybridized carbons (Fsp3) is 0.176. The molecule has 0 bridgehead atoms. The van der Waals surface area contributed by atoms with E-state index >= 15 is 0 Å². The van der Waals surface area contributed by atoms with Crippen LogP contribution in [0.5, 0.6) is 0 Å². The minimum Gasteiger partial charge on any atom is -0.322 e. The number of hydrogen-bond donors (Lipinski definition) is 0. The number of carbonyl (C=O) groups excluding carboxylic acids is 1. The van der Waals surface area contributed by atoms with Gasteiger partial charge in [-0.15, -0.1) is 16.9 Å². The zero-order valence-electron chi connectivity index (χ0n) is 13.1. The Hall–Kier alpha value is -2.38. The maximum atomic E-state index is 13.1. The van der Waals surface area contributed by atoms with Gasteiger partial charge in [0.25, 0.3) is 5.91 Å². The highest BCUT2D eigenvalue weighted by atomic mass is 35.5. The Kier molecular flexibility index (Phi) is 4.42. The van der Waals surface area contributed by atoms with Crippen molar-refractivity contribution >= 4 is 29.3 Å². The first-order valence-corrected chi connectivity index (χ1v) is 9.17. The van der Waals surface area contributed by atoms with E-state index in [9.17, 15) is 4.79 Å². The highest BCUT2D eigenvalue weighted by Gasteiger charge is 2.32. The van der Waals surface area contributed by atoms with E-state index in [-0.39, 0.29) is 11.3 Å². The summed E-state index contributed by atoms with van der Waals surface area (Å²) in [5, 5.41) is 11.7. The minimum atomic E-state index is -0.0714. The first-order chi connectivity index (χ1) is 12.2. The maximum Gasteiger partial charge on any atom is 0.255 e. The molecule has 1 saturated heterocycles. The normalized spacial score (nSPS) is 17.0. The molecule has 0 N–H and O–H groups in total. The molecule has 1 aromatic heterocycles. The van der Waals surface area contributed by atoms with E-state index in [1.54, 1.807) is 17.8 Å². The van der Waals surface area contributed by atoms with Gasteiger partial charge in [-0.2, -0.15) is 0 Å². The molecule has 1 fully saturated rings. The molecule has 0 aliphatic carbocycles. The average molecular weight is 372 g/mol. The lowest BCUT2D eigenvalue weighted by molar-refractivity contribution is 0.0760. The van der Waals surface area contributed by atoms with Gasteiger partial charge in [-0.1, -0.05) is 35.9 Å². The highest BCUT2D eigenvalue weighted by molar-refractivity contribution is 7.99. The Morgan fingerprint density at radius 3 is 2.88 bits per heavy atom. The largest absolute Gasteiger partial charge is 0.322 e. The molecule has 1 amide bonds. The lowest BCUT2D eigenvalue weighted by Crippen LogP contribution is -2.30. The molecule has 1 atom stereocenters. The van der Waals surface area contributed by atoms with Gasteiger partial charge in [0.1, 0.15) is 11.7 Å². The quantitative estimate of drug-likeness (QED) is 0.707. The third-order valence-corrected chi connectivity index (χ3v) is 5.62. The van der Waals surface area contributed by atoms with Gasteiger partial charge >= 0.3 is 0 Å². The van der Waals surface area contributed by atoms with Gasteiger partial charge in [-0.25, -0.2) is 4.68 Å². The van der Waals surface area contributed by atoms with Crippen LogP contribution >= 0.6 is 23.4 Å². The van der Waals surface area contributed by atoms with Crippen LogP contribution in [0.1, 0.15) is 21.3 Å². The SMILES string of the molecule is O=C(c1cccc(-n2cnnn2)c1)N1CCSC1c1ccccc1Cl.